The van der Waals surface area contributed by atoms with Gasteiger partial charge < -0.3 is 9.64 Å². The molecule has 0 spiro atoms. The number of hydrogen-bond acceptors (Lipinski definition) is 4. The second-order valence-corrected chi connectivity index (χ2v) is 7.37. The quantitative estimate of drug-likeness (QED) is 0.872. The first kappa shape index (κ1) is 15.6. The van der Waals surface area contributed by atoms with E-state index in [-0.39, 0.29) is 11.8 Å². The Morgan fingerprint density at radius 1 is 1.25 bits per heavy atom. The van der Waals surface area contributed by atoms with Gasteiger partial charge in [0.15, 0.2) is 0 Å². The zero-order chi connectivity index (χ0) is 16.5. The van der Waals surface area contributed by atoms with Crippen LogP contribution in [0, 0.1) is 17.8 Å². The predicted octanol–water partition coefficient (Wildman–Crippen LogP) is 2.27. The Labute approximate surface area is 143 Å². The van der Waals surface area contributed by atoms with E-state index in [0.717, 1.165) is 36.6 Å². The molecule has 2 heterocycles. The summed E-state index contributed by atoms with van der Waals surface area (Å²) in [7, 11) is 0. The molecule has 1 aliphatic carbocycles. The molecule has 1 saturated carbocycles. The Morgan fingerprint density at radius 2 is 2.00 bits per heavy atom. The molecule has 24 heavy (non-hydrogen) atoms. The van der Waals surface area contributed by atoms with Crippen LogP contribution in [0.3, 0.4) is 0 Å². The minimum absolute atomic E-state index is 0.0655. The number of amides is 1. The van der Waals surface area contributed by atoms with Crippen LogP contribution in [0.15, 0.2) is 29.4 Å². The van der Waals surface area contributed by atoms with Gasteiger partial charge >= 0.3 is 0 Å². The zero-order valence-corrected chi connectivity index (χ0v) is 14.2. The van der Waals surface area contributed by atoms with Crippen LogP contribution in [0.25, 0.3) is 0 Å². The van der Waals surface area contributed by atoms with Crippen molar-refractivity contribution >= 4 is 11.6 Å². The minimum atomic E-state index is 0.0655. The average molecular weight is 327 g/mol. The molecule has 5 heteroatoms. The molecule has 1 aromatic carbocycles. The largest absolute Gasteiger partial charge is 0.493 e. The molecule has 1 amide bonds. The van der Waals surface area contributed by atoms with Crippen LogP contribution < -0.4 is 10.2 Å². The molecule has 0 bridgehead atoms. The maximum absolute atomic E-state index is 11.5. The van der Waals surface area contributed by atoms with E-state index in [0.29, 0.717) is 11.8 Å². The fourth-order valence-corrected chi connectivity index (χ4v) is 3.77. The molecule has 2 fully saturated rings. The van der Waals surface area contributed by atoms with E-state index >= 15 is 0 Å². The molecule has 5 nitrogen and oxygen atoms in total. The number of ether oxygens (including phenoxy) is 1. The monoisotopic (exact) mass is 327 g/mol. The lowest BCUT2D eigenvalue weighted by atomic mass is 10.0. The van der Waals surface area contributed by atoms with Gasteiger partial charge in [0.1, 0.15) is 5.75 Å². The highest BCUT2D eigenvalue weighted by Crippen LogP contribution is 2.43. The van der Waals surface area contributed by atoms with Gasteiger partial charge in [-0.15, -0.1) is 0 Å². The number of benzene rings is 1. The Kier molecular flexibility index (Phi) is 4.27. The fraction of sp³-hybridized carbons (Fsp3) is 0.579. The van der Waals surface area contributed by atoms with Gasteiger partial charge in [-0.3, -0.25) is 4.79 Å². The number of fused-ring (bicyclic) bond motifs is 1. The summed E-state index contributed by atoms with van der Waals surface area (Å²) in [5.74, 6) is 1.95. The standard InChI is InChI=1S/C19H25N3O2/c1-13(11-22-8-2-3-9-22)12-24-15-6-4-14(5-7-15)18-16-10-17(16)19(23)21-20-18/h4-7,13,16-17H,2-3,8-12H2,1H3,(H,21,23)/t13-,16?,17?/m0/s1. The average Bonchev–Trinajstić information content (AvgIpc) is 3.25. The van der Waals surface area contributed by atoms with Crippen LogP contribution in [0.1, 0.15) is 31.7 Å². The van der Waals surface area contributed by atoms with Crippen molar-refractivity contribution in [3.05, 3.63) is 29.8 Å². The Morgan fingerprint density at radius 3 is 2.75 bits per heavy atom. The smallest absolute Gasteiger partial charge is 0.243 e. The molecule has 4 rings (SSSR count). The number of hydrogen-bond donors (Lipinski definition) is 1. The third-order valence-electron chi connectivity index (χ3n) is 5.22. The summed E-state index contributed by atoms with van der Waals surface area (Å²) in [5.41, 5.74) is 4.72. The van der Waals surface area contributed by atoms with Crippen LogP contribution >= 0.6 is 0 Å². The van der Waals surface area contributed by atoms with Gasteiger partial charge in [0.25, 0.3) is 0 Å². The highest BCUT2D eigenvalue weighted by Gasteiger charge is 2.49. The molecule has 0 radical (unpaired) electrons. The molecule has 2 unspecified atom stereocenters. The SMILES string of the molecule is C[C@H](COc1ccc(C2=NNC(=O)C3CC23)cc1)CN1CCCC1. The number of likely N-dealkylation sites (tertiary alicyclic amines) is 1. The summed E-state index contributed by atoms with van der Waals surface area (Å²) in [4.78, 5) is 14.0. The zero-order valence-electron chi connectivity index (χ0n) is 14.2. The second kappa shape index (κ2) is 6.55. The van der Waals surface area contributed by atoms with Gasteiger partial charge in [-0.25, -0.2) is 5.43 Å². The third-order valence-corrected chi connectivity index (χ3v) is 5.22. The van der Waals surface area contributed by atoms with Crippen molar-refractivity contribution in [1.29, 1.82) is 0 Å². The van der Waals surface area contributed by atoms with E-state index in [9.17, 15) is 4.79 Å². The summed E-state index contributed by atoms with van der Waals surface area (Å²) < 4.78 is 5.94. The first-order valence-corrected chi connectivity index (χ1v) is 9.04. The molecular weight excluding hydrogens is 302 g/mol. The van der Waals surface area contributed by atoms with Crippen LogP contribution in [0.2, 0.25) is 0 Å². The maximum atomic E-state index is 11.5. The van der Waals surface area contributed by atoms with Crippen LogP contribution in [0.4, 0.5) is 0 Å². The molecule has 3 aliphatic rings. The van der Waals surface area contributed by atoms with Crippen LogP contribution in [-0.4, -0.2) is 42.8 Å². The van der Waals surface area contributed by atoms with Gasteiger partial charge in [-0.05, 0) is 62.2 Å². The molecule has 1 saturated heterocycles. The highest BCUT2D eigenvalue weighted by molar-refractivity contribution is 6.09. The molecular formula is C19H25N3O2. The normalized spacial score (nSPS) is 27.2. The van der Waals surface area contributed by atoms with Gasteiger partial charge in [-0.2, -0.15) is 5.10 Å². The van der Waals surface area contributed by atoms with E-state index in [1.54, 1.807) is 0 Å². The van der Waals surface area contributed by atoms with Crippen LogP contribution in [0.5, 0.6) is 5.75 Å². The number of rotatable bonds is 6. The van der Waals surface area contributed by atoms with Crippen molar-refractivity contribution in [2.45, 2.75) is 26.2 Å². The first-order valence-electron chi connectivity index (χ1n) is 9.04. The van der Waals surface area contributed by atoms with E-state index < -0.39 is 0 Å². The minimum Gasteiger partial charge on any atom is -0.493 e. The van der Waals surface area contributed by atoms with Crippen molar-refractivity contribution < 1.29 is 9.53 Å². The van der Waals surface area contributed by atoms with Crippen molar-refractivity contribution in [3.63, 3.8) is 0 Å². The van der Waals surface area contributed by atoms with E-state index in [1.165, 1.54) is 25.9 Å². The molecule has 128 valence electrons. The number of carbonyl (C=O) groups is 1. The summed E-state index contributed by atoms with van der Waals surface area (Å²) in [6.07, 6.45) is 3.60. The molecule has 1 aromatic rings. The Balaban J connectivity index is 1.30. The Hall–Kier alpha value is -1.88. The summed E-state index contributed by atoms with van der Waals surface area (Å²) in [6.45, 7) is 6.59. The molecule has 1 N–H and O–H groups in total. The van der Waals surface area contributed by atoms with Crippen molar-refractivity contribution in [2.75, 3.05) is 26.2 Å². The number of nitrogens with one attached hydrogen (secondary N) is 1. The predicted molar refractivity (Wildman–Crippen MR) is 93.1 cm³/mol. The lowest BCUT2D eigenvalue weighted by Gasteiger charge is -2.20. The lowest BCUT2D eigenvalue weighted by molar-refractivity contribution is -0.122. The molecule has 0 aromatic heterocycles. The van der Waals surface area contributed by atoms with E-state index in [1.807, 2.05) is 24.3 Å². The van der Waals surface area contributed by atoms with Gasteiger partial charge in [0.2, 0.25) is 5.91 Å². The first-order chi connectivity index (χ1) is 11.7. The summed E-state index contributed by atoms with van der Waals surface area (Å²) in [6, 6.07) is 8.11. The maximum Gasteiger partial charge on any atom is 0.243 e. The molecule has 3 atom stereocenters. The fourth-order valence-electron chi connectivity index (χ4n) is 3.77. The van der Waals surface area contributed by atoms with Gasteiger partial charge in [-0.1, -0.05) is 6.92 Å². The van der Waals surface area contributed by atoms with E-state index in [4.69, 9.17) is 4.74 Å². The number of nitrogens with zero attached hydrogens (tertiary/aromatic N) is 2. The Bertz CT molecular complexity index is 635. The lowest BCUT2D eigenvalue weighted by Crippen LogP contribution is -2.28. The third kappa shape index (κ3) is 3.31. The van der Waals surface area contributed by atoms with E-state index in [2.05, 4.69) is 22.4 Å². The summed E-state index contributed by atoms with van der Waals surface area (Å²) >= 11 is 0. The van der Waals surface area contributed by atoms with Crippen LogP contribution in [-0.2, 0) is 4.79 Å². The van der Waals surface area contributed by atoms with Gasteiger partial charge in [0, 0.05) is 24.3 Å². The van der Waals surface area contributed by atoms with Crippen molar-refractivity contribution in [2.24, 2.45) is 22.9 Å². The number of hydrazone groups is 1. The summed E-state index contributed by atoms with van der Waals surface area (Å²) in [5, 5.41) is 4.24. The highest BCUT2D eigenvalue weighted by atomic mass is 16.5. The second-order valence-electron chi connectivity index (χ2n) is 7.37. The topological polar surface area (TPSA) is 53.9 Å². The number of carbonyl (C=O) groups excluding carboxylic acids is 1. The van der Waals surface area contributed by atoms with Crippen molar-refractivity contribution in [3.8, 4) is 5.75 Å². The van der Waals surface area contributed by atoms with Gasteiger partial charge in [0.05, 0.1) is 12.3 Å². The van der Waals surface area contributed by atoms with Crippen molar-refractivity contribution in [1.82, 2.24) is 10.3 Å². The molecule has 2 aliphatic heterocycles.